The van der Waals surface area contributed by atoms with Gasteiger partial charge in [0.1, 0.15) is 23.9 Å². The Labute approximate surface area is 226 Å². The third-order valence-electron chi connectivity index (χ3n) is 7.02. The lowest BCUT2D eigenvalue weighted by Gasteiger charge is -2.11. The molecule has 6 rings (SSSR count). The number of pyridine rings is 1. The van der Waals surface area contributed by atoms with Crippen LogP contribution in [0, 0.1) is 5.82 Å². The van der Waals surface area contributed by atoms with E-state index >= 15 is 0 Å². The van der Waals surface area contributed by atoms with Crippen molar-refractivity contribution in [2.45, 2.75) is 13.3 Å². The molecule has 6 nitrogen and oxygen atoms in total. The van der Waals surface area contributed by atoms with Crippen LogP contribution in [0.25, 0.3) is 39.0 Å². The first-order valence-electron chi connectivity index (χ1n) is 13.0. The molecule has 0 saturated heterocycles. The fourth-order valence-electron chi connectivity index (χ4n) is 4.97. The molecule has 0 spiro atoms. The molecular formula is C32H30FN5O. The number of ether oxygens (including phenoxy) is 1. The van der Waals surface area contributed by atoms with Gasteiger partial charge in [-0.2, -0.15) is 5.10 Å². The normalized spacial score (nSPS) is 13.3. The highest BCUT2D eigenvalue weighted by molar-refractivity contribution is 5.96. The minimum atomic E-state index is -0.234. The molecule has 2 N–H and O–H groups in total. The Bertz CT molecular complexity index is 1730. The van der Waals surface area contributed by atoms with E-state index in [1.165, 1.54) is 11.6 Å². The van der Waals surface area contributed by atoms with E-state index in [0.717, 1.165) is 69.0 Å². The van der Waals surface area contributed by atoms with Crippen LogP contribution in [0.3, 0.4) is 0 Å². The third kappa shape index (κ3) is 5.01. The zero-order chi connectivity index (χ0) is 26.9. The molecule has 3 aromatic heterocycles. The van der Waals surface area contributed by atoms with E-state index < -0.39 is 0 Å². The van der Waals surface area contributed by atoms with Crippen molar-refractivity contribution in [2.24, 2.45) is 0 Å². The second-order valence-corrected chi connectivity index (χ2v) is 10.2. The van der Waals surface area contributed by atoms with Gasteiger partial charge < -0.3 is 14.6 Å². The molecule has 196 valence electrons. The average Bonchev–Trinajstić information content (AvgIpc) is 3.50. The lowest BCUT2D eigenvalue weighted by molar-refractivity contribution is 0.261. The molecule has 0 unspecified atom stereocenters. The number of hydrogen-bond acceptors (Lipinski definition) is 4. The van der Waals surface area contributed by atoms with Crippen LogP contribution in [0.4, 0.5) is 4.39 Å². The number of rotatable bonds is 7. The molecule has 39 heavy (non-hydrogen) atoms. The quantitative estimate of drug-likeness (QED) is 0.253. The second-order valence-electron chi connectivity index (χ2n) is 10.2. The van der Waals surface area contributed by atoms with E-state index in [2.05, 4.69) is 56.3 Å². The molecule has 1 aliphatic carbocycles. The van der Waals surface area contributed by atoms with Gasteiger partial charge in [0.15, 0.2) is 0 Å². The topological polar surface area (TPSA) is 69.8 Å². The minimum Gasteiger partial charge on any atom is -0.491 e. The van der Waals surface area contributed by atoms with Crippen molar-refractivity contribution in [2.75, 3.05) is 27.2 Å². The highest BCUT2D eigenvalue weighted by Gasteiger charge is 2.21. The van der Waals surface area contributed by atoms with Gasteiger partial charge in [-0.1, -0.05) is 42.0 Å². The van der Waals surface area contributed by atoms with Crippen LogP contribution in [0.15, 0.2) is 84.7 Å². The van der Waals surface area contributed by atoms with Gasteiger partial charge in [-0.05, 0) is 62.5 Å². The summed E-state index contributed by atoms with van der Waals surface area (Å²) in [4.78, 5) is 10.1. The van der Waals surface area contributed by atoms with Crippen LogP contribution in [0.1, 0.15) is 23.7 Å². The average molecular weight is 520 g/mol. The van der Waals surface area contributed by atoms with E-state index in [0.29, 0.717) is 12.2 Å². The standard InChI is InChI=1S/C32H30FN5O/c1-20-8-10-24(25-6-4-5-7-28(25)33)26-17-31(35-30(26)14-20)32-27-16-21(9-11-29(27)36-37-32)22-15-23(19-34-18-22)39-13-12-38(2)3/h4-11,15-19,35H,12-14H2,1-3H3,(H,36,37). The summed E-state index contributed by atoms with van der Waals surface area (Å²) >= 11 is 0. The summed E-state index contributed by atoms with van der Waals surface area (Å²) in [6, 6.07) is 17.2. The van der Waals surface area contributed by atoms with Crippen molar-refractivity contribution in [3.63, 3.8) is 0 Å². The molecule has 0 atom stereocenters. The number of allylic oxidation sites excluding steroid dienone is 3. The zero-order valence-electron chi connectivity index (χ0n) is 22.3. The highest BCUT2D eigenvalue weighted by atomic mass is 19.1. The maximum Gasteiger partial charge on any atom is 0.138 e. The van der Waals surface area contributed by atoms with Crippen molar-refractivity contribution in [1.82, 2.24) is 25.1 Å². The molecule has 5 aromatic rings. The number of aromatic amines is 2. The predicted octanol–water partition coefficient (Wildman–Crippen LogP) is 6.63. The second kappa shape index (κ2) is 10.3. The lowest BCUT2D eigenvalue weighted by Crippen LogP contribution is -2.19. The number of aromatic nitrogens is 4. The van der Waals surface area contributed by atoms with Crippen molar-refractivity contribution in [3.05, 3.63) is 107 Å². The fourth-order valence-corrected chi connectivity index (χ4v) is 4.97. The van der Waals surface area contributed by atoms with Gasteiger partial charge in [0.25, 0.3) is 0 Å². The van der Waals surface area contributed by atoms with Crippen LogP contribution in [0.5, 0.6) is 5.75 Å². The molecule has 0 saturated carbocycles. The van der Waals surface area contributed by atoms with E-state index in [-0.39, 0.29) is 5.82 Å². The smallest absolute Gasteiger partial charge is 0.138 e. The van der Waals surface area contributed by atoms with Crippen LogP contribution in [-0.2, 0) is 6.42 Å². The SMILES string of the molecule is CC1=CC=C(c2ccccc2F)c2cc(-c3n[nH]c4ccc(-c5cncc(OCCN(C)C)c5)cc34)[nH]c2C1. The number of halogens is 1. The van der Waals surface area contributed by atoms with Crippen molar-refractivity contribution < 1.29 is 9.13 Å². The van der Waals surface area contributed by atoms with Crippen molar-refractivity contribution >= 4 is 16.5 Å². The Hall–Kier alpha value is -4.49. The van der Waals surface area contributed by atoms with Crippen LogP contribution in [-0.4, -0.2) is 52.3 Å². The van der Waals surface area contributed by atoms with Gasteiger partial charge in [-0.25, -0.2) is 4.39 Å². The summed E-state index contributed by atoms with van der Waals surface area (Å²) in [6.45, 7) is 3.52. The molecule has 3 heterocycles. The first-order valence-corrected chi connectivity index (χ1v) is 13.0. The molecule has 0 bridgehead atoms. The van der Waals surface area contributed by atoms with Gasteiger partial charge in [-0.15, -0.1) is 0 Å². The number of nitrogens with one attached hydrogen (secondary N) is 2. The van der Waals surface area contributed by atoms with Gasteiger partial charge in [0.2, 0.25) is 0 Å². The summed E-state index contributed by atoms with van der Waals surface area (Å²) in [5.74, 6) is 0.507. The molecule has 1 aliphatic rings. The van der Waals surface area contributed by atoms with E-state index in [9.17, 15) is 4.39 Å². The minimum absolute atomic E-state index is 0.234. The van der Waals surface area contributed by atoms with Crippen LogP contribution in [0.2, 0.25) is 0 Å². The number of fused-ring (bicyclic) bond motifs is 2. The first-order chi connectivity index (χ1) is 19.0. The van der Waals surface area contributed by atoms with Crippen LogP contribution >= 0.6 is 0 Å². The maximum absolute atomic E-state index is 14.8. The highest BCUT2D eigenvalue weighted by Crippen LogP contribution is 2.37. The van der Waals surface area contributed by atoms with Gasteiger partial charge >= 0.3 is 0 Å². The molecule has 7 heteroatoms. The van der Waals surface area contributed by atoms with E-state index in [4.69, 9.17) is 4.74 Å². The van der Waals surface area contributed by atoms with E-state index in [1.54, 1.807) is 12.3 Å². The van der Waals surface area contributed by atoms with Crippen LogP contribution < -0.4 is 4.74 Å². The van der Waals surface area contributed by atoms with Gasteiger partial charge in [0.05, 0.1) is 17.4 Å². The Kier molecular flexibility index (Phi) is 6.59. The summed E-state index contributed by atoms with van der Waals surface area (Å²) in [6.07, 6.45) is 8.42. The molecular weight excluding hydrogens is 489 g/mol. The van der Waals surface area contributed by atoms with E-state index in [1.807, 2.05) is 50.6 Å². The summed E-state index contributed by atoms with van der Waals surface area (Å²) in [5.41, 5.74) is 9.32. The third-order valence-corrected chi connectivity index (χ3v) is 7.02. The summed E-state index contributed by atoms with van der Waals surface area (Å²) in [7, 11) is 4.04. The maximum atomic E-state index is 14.8. The monoisotopic (exact) mass is 519 g/mol. The molecule has 0 fully saturated rings. The molecule has 0 radical (unpaired) electrons. The predicted molar refractivity (Wildman–Crippen MR) is 154 cm³/mol. The molecule has 2 aromatic carbocycles. The van der Waals surface area contributed by atoms with Crippen molar-refractivity contribution in [1.29, 1.82) is 0 Å². The van der Waals surface area contributed by atoms with Gasteiger partial charge in [-0.3, -0.25) is 10.1 Å². The number of hydrogen-bond donors (Lipinski definition) is 2. The number of benzene rings is 2. The number of nitrogens with zero attached hydrogens (tertiary/aromatic N) is 3. The Morgan fingerprint density at radius 3 is 2.69 bits per heavy atom. The lowest BCUT2D eigenvalue weighted by atomic mass is 9.97. The Morgan fingerprint density at radius 2 is 1.85 bits per heavy atom. The molecule has 0 amide bonds. The number of H-pyrrole nitrogens is 2. The van der Waals surface area contributed by atoms with Gasteiger partial charge in [0, 0.05) is 46.9 Å². The summed E-state index contributed by atoms with van der Waals surface area (Å²) in [5, 5.41) is 8.83. The largest absolute Gasteiger partial charge is 0.491 e. The number of likely N-dealkylation sites (N-methyl/N-ethyl adjacent to an activating group) is 1. The molecule has 0 aliphatic heterocycles. The first kappa shape index (κ1) is 24.8. The summed E-state index contributed by atoms with van der Waals surface area (Å²) < 4.78 is 20.7. The zero-order valence-corrected chi connectivity index (χ0v) is 22.3. The fraction of sp³-hybridized carbons (Fsp3) is 0.188. The Balaban J connectivity index is 1.38. The Morgan fingerprint density at radius 1 is 0.974 bits per heavy atom. The van der Waals surface area contributed by atoms with Crippen molar-refractivity contribution in [3.8, 4) is 28.3 Å².